The third kappa shape index (κ3) is 4.08. The quantitative estimate of drug-likeness (QED) is 0.684. The maximum atomic E-state index is 12.7. The molecule has 1 aliphatic heterocycles. The molecule has 0 atom stereocenters. The summed E-state index contributed by atoms with van der Waals surface area (Å²) in [6.45, 7) is 0.853. The van der Waals surface area contributed by atoms with Crippen LogP contribution in [0.5, 0.6) is 11.5 Å². The predicted octanol–water partition coefficient (Wildman–Crippen LogP) is 3.72. The van der Waals surface area contributed by atoms with Gasteiger partial charge >= 0.3 is 0 Å². The summed E-state index contributed by atoms with van der Waals surface area (Å²) >= 11 is 1.56. The summed E-state index contributed by atoms with van der Waals surface area (Å²) in [6.07, 6.45) is 0. The van der Waals surface area contributed by atoms with Crippen molar-refractivity contribution in [3.8, 4) is 23.3 Å². The molecule has 3 aromatic rings. The molecule has 1 N–H and O–H groups in total. The van der Waals surface area contributed by atoms with E-state index in [0.717, 1.165) is 10.4 Å². The van der Waals surface area contributed by atoms with E-state index in [2.05, 4.69) is 16.6 Å². The van der Waals surface area contributed by atoms with E-state index in [9.17, 15) is 8.42 Å². The lowest BCUT2D eigenvalue weighted by atomic mass is 10.2. The number of anilines is 1. The lowest BCUT2D eigenvalue weighted by Crippen LogP contribution is -2.17. The molecule has 0 aliphatic carbocycles. The van der Waals surface area contributed by atoms with Crippen molar-refractivity contribution >= 4 is 27.0 Å². The molecule has 4 rings (SSSR count). The smallest absolute Gasteiger partial charge is 0.262 e. The highest BCUT2D eigenvalue weighted by molar-refractivity contribution is 7.92. The standard InChI is InChI=1S/C20H15NO4S2/c22-27(23,18-8-9-19-20(14-18)25-11-10-24-19)21-16-4-1-3-15(13-16)6-7-17-5-2-12-26-17/h1-5,8-9,12-14,21H,10-11H2. The first-order valence-corrected chi connectivity index (χ1v) is 10.5. The average Bonchev–Trinajstić information content (AvgIpc) is 3.19. The molecule has 1 aliphatic rings. The van der Waals surface area contributed by atoms with Crippen molar-refractivity contribution in [2.24, 2.45) is 0 Å². The molecule has 5 nitrogen and oxygen atoms in total. The van der Waals surface area contributed by atoms with Gasteiger partial charge in [0, 0.05) is 11.6 Å². The average molecular weight is 397 g/mol. The zero-order valence-electron chi connectivity index (χ0n) is 14.1. The summed E-state index contributed by atoms with van der Waals surface area (Å²) in [5.74, 6) is 7.08. The highest BCUT2D eigenvalue weighted by Crippen LogP contribution is 2.32. The van der Waals surface area contributed by atoms with Crippen LogP contribution in [0.4, 0.5) is 5.69 Å². The molecule has 0 fully saturated rings. The van der Waals surface area contributed by atoms with Crippen LogP contribution in [0.2, 0.25) is 0 Å². The largest absolute Gasteiger partial charge is 0.486 e. The van der Waals surface area contributed by atoms with Crippen LogP contribution >= 0.6 is 11.3 Å². The fourth-order valence-corrected chi connectivity index (χ4v) is 4.18. The van der Waals surface area contributed by atoms with Crippen LogP contribution in [0, 0.1) is 11.8 Å². The Kier molecular flexibility index (Phi) is 4.75. The van der Waals surface area contributed by atoms with E-state index < -0.39 is 10.0 Å². The van der Waals surface area contributed by atoms with E-state index in [-0.39, 0.29) is 4.90 Å². The van der Waals surface area contributed by atoms with Crippen LogP contribution in [0.25, 0.3) is 0 Å². The van der Waals surface area contributed by atoms with E-state index >= 15 is 0 Å². The van der Waals surface area contributed by atoms with Crippen molar-refractivity contribution in [2.45, 2.75) is 4.90 Å². The molecule has 2 aromatic carbocycles. The van der Waals surface area contributed by atoms with Gasteiger partial charge in [-0.1, -0.05) is 24.0 Å². The molecule has 0 bridgehead atoms. The number of nitrogens with one attached hydrogen (secondary N) is 1. The third-order valence-corrected chi connectivity index (χ3v) is 5.95. The Hall–Kier alpha value is -2.95. The summed E-state index contributed by atoms with van der Waals surface area (Å²) in [4.78, 5) is 1.07. The zero-order valence-corrected chi connectivity index (χ0v) is 15.8. The maximum absolute atomic E-state index is 12.7. The number of rotatable bonds is 3. The van der Waals surface area contributed by atoms with Crippen LogP contribution in [-0.2, 0) is 10.0 Å². The van der Waals surface area contributed by atoms with E-state index in [1.165, 1.54) is 12.1 Å². The minimum absolute atomic E-state index is 0.113. The van der Waals surface area contributed by atoms with Crippen LogP contribution in [-0.4, -0.2) is 21.6 Å². The Balaban J connectivity index is 1.57. The molecule has 0 radical (unpaired) electrons. The summed E-state index contributed by atoms with van der Waals surface area (Å²) in [6, 6.07) is 15.4. The maximum Gasteiger partial charge on any atom is 0.262 e. The normalized spacial score (nSPS) is 12.7. The van der Waals surface area contributed by atoms with E-state index in [1.54, 1.807) is 35.6 Å². The molecular weight excluding hydrogens is 382 g/mol. The van der Waals surface area contributed by atoms with Gasteiger partial charge in [-0.3, -0.25) is 4.72 Å². The van der Waals surface area contributed by atoms with Gasteiger partial charge in [0.1, 0.15) is 13.2 Å². The molecule has 1 aromatic heterocycles. The van der Waals surface area contributed by atoms with Gasteiger partial charge in [0.15, 0.2) is 11.5 Å². The number of benzene rings is 2. The fraction of sp³-hybridized carbons (Fsp3) is 0.100. The molecule has 0 saturated carbocycles. The summed E-state index contributed by atoms with van der Waals surface area (Å²) < 4.78 is 38.9. The van der Waals surface area contributed by atoms with Gasteiger partial charge in [0.2, 0.25) is 0 Å². The van der Waals surface area contributed by atoms with Crippen molar-refractivity contribution in [1.82, 2.24) is 0 Å². The lowest BCUT2D eigenvalue weighted by molar-refractivity contribution is 0.171. The van der Waals surface area contributed by atoms with Gasteiger partial charge in [0.05, 0.1) is 15.5 Å². The lowest BCUT2D eigenvalue weighted by Gasteiger charge is -2.19. The number of sulfonamides is 1. The number of thiophene rings is 1. The second-order valence-corrected chi connectivity index (χ2v) is 8.35. The minimum Gasteiger partial charge on any atom is -0.486 e. The molecule has 7 heteroatoms. The summed E-state index contributed by atoms with van der Waals surface area (Å²) in [5, 5.41) is 1.96. The number of hydrogen-bond acceptors (Lipinski definition) is 5. The molecule has 27 heavy (non-hydrogen) atoms. The van der Waals surface area contributed by atoms with Crippen LogP contribution in [0.15, 0.2) is 64.9 Å². The number of ether oxygens (including phenoxy) is 2. The SMILES string of the molecule is O=S(=O)(Nc1cccc(C#Cc2cccs2)c1)c1ccc2c(c1)OCCO2. The monoisotopic (exact) mass is 397 g/mol. The van der Waals surface area contributed by atoms with Gasteiger partial charge in [-0.15, -0.1) is 11.3 Å². The number of fused-ring (bicyclic) bond motifs is 1. The van der Waals surface area contributed by atoms with E-state index in [1.807, 2.05) is 23.6 Å². The van der Waals surface area contributed by atoms with Crippen LogP contribution in [0.1, 0.15) is 10.4 Å². The van der Waals surface area contributed by atoms with Crippen molar-refractivity contribution < 1.29 is 17.9 Å². The predicted molar refractivity (Wildman–Crippen MR) is 105 cm³/mol. The molecule has 0 spiro atoms. The van der Waals surface area contributed by atoms with Crippen molar-refractivity contribution in [3.05, 3.63) is 70.4 Å². The molecule has 0 unspecified atom stereocenters. The molecular formula is C20H15NO4S2. The zero-order chi connectivity index (χ0) is 18.7. The van der Waals surface area contributed by atoms with Gasteiger partial charge in [-0.25, -0.2) is 8.42 Å². The second-order valence-electron chi connectivity index (χ2n) is 5.72. The minimum atomic E-state index is -3.75. The number of hydrogen-bond donors (Lipinski definition) is 1. The Bertz CT molecular complexity index is 1130. The third-order valence-electron chi connectivity index (χ3n) is 3.79. The van der Waals surface area contributed by atoms with Gasteiger partial charge in [-0.05, 0) is 41.8 Å². The van der Waals surface area contributed by atoms with Crippen molar-refractivity contribution in [1.29, 1.82) is 0 Å². The van der Waals surface area contributed by atoms with Gasteiger partial charge in [-0.2, -0.15) is 0 Å². The van der Waals surface area contributed by atoms with E-state index in [0.29, 0.717) is 30.4 Å². The fourth-order valence-electron chi connectivity index (χ4n) is 2.55. The first kappa shape index (κ1) is 17.5. The Labute approximate surface area is 161 Å². The molecule has 0 saturated heterocycles. The Morgan fingerprint density at radius 3 is 2.59 bits per heavy atom. The van der Waals surface area contributed by atoms with Crippen LogP contribution < -0.4 is 14.2 Å². The van der Waals surface area contributed by atoms with Gasteiger partial charge < -0.3 is 9.47 Å². The van der Waals surface area contributed by atoms with Crippen LogP contribution in [0.3, 0.4) is 0 Å². The topological polar surface area (TPSA) is 64.6 Å². The highest BCUT2D eigenvalue weighted by atomic mass is 32.2. The van der Waals surface area contributed by atoms with Crippen molar-refractivity contribution in [2.75, 3.05) is 17.9 Å². The second kappa shape index (κ2) is 7.35. The Morgan fingerprint density at radius 1 is 0.926 bits per heavy atom. The van der Waals surface area contributed by atoms with Gasteiger partial charge in [0.25, 0.3) is 10.0 Å². The Morgan fingerprint density at radius 2 is 1.78 bits per heavy atom. The molecule has 0 amide bonds. The first-order valence-electron chi connectivity index (χ1n) is 8.18. The first-order chi connectivity index (χ1) is 13.1. The summed E-state index contributed by atoms with van der Waals surface area (Å²) in [7, 11) is -3.75. The van der Waals surface area contributed by atoms with E-state index in [4.69, 9.17) is 9.47 Å². The summed E-state index contributed by atoms with van der Waals surface area (Å²) in [5.41, 5.74) is 1.17. The molecule has 136 valence electrons. The molecule has 2 heterocycles. The van der Waals surface area contributed by atoms with Crippen molar-refractivity contribution in [3.63, 3.8) is 0 Å². The highest BCUT2D eigenvalue weighted by Gasteiger charge is 2.19.